The van der Waals surface area contributed by atoms with Gasteiger partial charge in [-0.3, -0.25) is 0 Å². The van der Waals surface area contributed by atoms with Gasteiger partial charge in [0.25, 0.3) is 0 Å². The lowest BCUT2D eigenvalue weighted by Crippen LogP contribution is -2.25. The Labute approximate surface area is 111 Å². The van der Waals surface area contributed by atoms with Crippen LogP contribution in [0.1, 0.15) is 22.3 Å². The summed E-state index contributed by atoms with van der Waals surface area (Å²) < 4.78 is 114. The van der Waals surface area contributed by atoms with Crippen LogP contribution in [0.15, 0.2) is 0 Å². The first-order chi connectivity index (χ1) is 9.10. The van der Waals surface area contributed by atoms with Crippen molar-refractivity contribution in [1.29, 1.82) is 0 Å². The smallest absolute Gasteiger partial charge is 0.398 e. The molecule has 11 heteroatoms. The van der Waals surface area contributed by atoms with Gasteiger partial charge in [0, 0.05) is 5.69 Å². The number of hydrogen-bond acceptors (Lipinski definition) is 2. The molecule has 0 saturated heterocycles. The molecule has 0 aliphatic carbocycles. The third-order valence-corrected chi connectivity index (χ3v) is 2.69. The quantitative estimate of drug-likeness (QED) is 0.554. The first-order valence-electron chi connectivity index (χ1n) is 5.03. The van der Waals surface area contributed by atoms with Crippen molar-refractivity contribution in [2.75, 3.05) is 11.5 Å². The number of nitrogen functional groups attached to an aromatic ring is 2. The molecule has 2 nitrogen and oxygen atoms in total. The first kappa shape index (κ1) is 17.2. The molecule has 1 rings (SSSR count). The molecular weight excluding hydrogens is 319 g/mol. The molecule has 1 aromatic carbocycles. The van der Waals surface area contributed by atoms with Gasteiger partial charge in [0.1, 0.15) is 5.56 Å². The summed E-state index contributed by atoms with van der Waals surface area (Å²) in [5.41, 5.74) is -2.38. The van der Waals surface area contributed by atoms with Crippen LogP contribution in [0, 0.1) is 6.92 Å². The zero-order valence-corrected chi connectivity index (χ0v) is 10.1. The highest BCUT2D eigenvalue weighted by Crippen LogP contribution is 2.51. The van der Waals surface area contributed by atoms with E-state index in [2.05, 4.69) is 0 Å². The maximum absolute atomic E-state index is 12.7. The predicted molar refractivity (Wildman–Crippen MR) is 55.0 cm³/mol. The Morgan fingerprint density at radius 3 is 1.19 bits per heavy atom. The van der Waals surface area contributed by atoms with E-state index in [4.69, 9.17) is 11.5 Å². The van der Waals surface area contributed by atoms with E-state index in [1.165, 1.54) is 0 Å². The minimum atomic E-state index is -5.73. The topological polar surface area (TPSA) is 52.0 Å². The Balaban J connectivity index is 4.05. The van der Waals surface area contributed by atoms with E-state index in [0.717, 1.165) is 0 Å². The molecule has 0 radical (unpaired) electrons. The molecule has 0 aromatic heterocycles. The van der Waals surface area contributed by atoms with Crippen LogP contribution in [0.25, 0.3) is 0 Å². The van der Waals surface area contributed by atoms with E-state index in [1.807, 2.05) is 0 Å². The standard InChI is InChI=1S/C10H7F9N2/c1-2-3(8(11,12)13)4(9(14,15)16)7(21)5(6(2)20)10(17,18)19/h20-21H2,1H3. The molecule has 4 N–H and O–H groups in total. The normalized spacial score (nSPS) is 13.6. The fraction of sp³-hybridized carbons (Fsp3) is 0.400. The van der Waals surface area contributed by atoms with Gasteiger partial charge in [-0.15, -0.1) is 0 Å². The van der Waals surface area contributed by atoms with Gasteiger partial charge >= 0.3 is 18.5 Å². The van der Waals surface area contributed by atoms with E-state index in [1.54, 1.807) is 0 Å². The number of halogens is 9. The number of nitrogens with two attached hydrogens (primary N) is 2. The van der Waals surface area contributed by atoms with Crippen LogP contribution in [0.5, 0.6) is 0 Å². The summed E-state index contributed by atoms with van der Waals surface area (Å²) in [6.45, 7) is 0.419. The molecule has 0 aliphatic heterocycles. The maximum Gasteiger partial charge on any atom is 0.420 e. The zero-order valence-electron chi connectivity index (χ0n) is 10.1. The van der Waals surface area contributed by atoms with Crippen molar-refractivity contribution in [2.24, 2.45) is 0 Å². The Morgan fingerprint density at radius 1 is 0.571 bits per heavy atom. The SMILES string of the molecule is Cc1c(N)c(C(F)(F)F)c(N)c(C(F)(F)F)c1C(F)(F)F. The molecule has 1 aromatic rings. The van der Waals surface area contributed by atoms with E-state index in [9.17, 15) is 39.5 Å². The highest BCUT2D eigenvalue weighted by molar-refractivity contribution is 5.74. The molecule has 0 unspecified atom stereocenters. The molecule has 0 fully saturated rings. The van der Waals surface area contributed by atoms with Gasteiger partial charge in [-0.2, -0.15) is 39.5 Å². The highest BCUT2D eigenvalue weighted by Gasteiger charge is 2.50. The van der Waals surface area contributed by atoms with E-state index >= 15 is 0 Å². The summed E-state index contributed by atoms with van der Waals surface area (Å²) in [4.78, 5) is 0. The van der Waals surface area contributed by atoms with Crippen molar-refractivity contribution in [3.8, 4) is 0 Å². The number of alkyl halides is 9. The number of hydrogen-bond donors (Lipinski definition) is 2. The molecule has 0 atom stereocenters. The van der Waals surface area contributed by atoms with Gasteiger partial charge in [-0.05, 0) is 12.5 Å². The van der Waals surface area contributed by atoms with Crippen LogP contribution in [-0.2, 0) is 18.5 Å². The number of benzene rings is 1. The van der Waals surface area contributed by atoms with Gasteiger partial charge in [0.05, 0.1) is 16.8 Å². The second-order valence-corrected chi connectivity index (χ2v) is 4.07. The maximum atomic E-state index is 12.7. The van der Waals surface area contributed by atoms with Gasteiger partial charge in [-0.1, -0.05) is 0 Å². The first-order valence-corrected chi connectivity index (χ1v) is 5.03. The molecule has 0 aliphatic rings. The second-order valence-electron chi connectivity index (χ2n) is 4.07. The van der Waals surface area contributed by atoms with E-state index in [-0.39, 0.29) is 0 Å². The van der Waals surface area contributed by atoms with Crippen molar-refractivity contribution < 1.29 is 39.5 Å². The van der Waals surface area contributed by atoms with Crippen LogP contribution in [0.2, 0.25) is 0 Å². The van der Waals surface area contributed by atoms with Gasteiger partial charge < -0.3 is 11.5 Å². The minimum Gasteiger partial charge on any atom is -0.398 e. The molecule has 0 saturated carbocycles. The summed E-state index contributed by atoms with van der Waals surface area (Å²) in [6.07, 6.45) is -16.7. The van der Waals surface area contributed by atoms with Gasteiger partial charge in [0.2, 0.25) is 0 Å². The summed E-state index contributed by atoms with van der Waals surface area (Å²) in [6, 6.07) is 0. The summed E-state index contributed by atoms with van der Waals surface area (Å²) in [5.74, 6) is 0. The van der Waals surface area contributed by atoms with Crippen molar-refractivity contribution >= 4 is 11.4 Å². The fourth-order valence-corrected chi connectivity index (χ4v) is 1.87. The third-order valence-electron chi connectivity index (χ3n) is 2.69. The third kappa shape index (κ3) is 2.95. The molecule has 0 heterocycles. The summed E-state index contributed by atoms with van der Waals surface area (Å²) in [5, 5.41) is 0. The van der Waals surface area contributed by atoms with Crippen molar-refractivity contribution in [2.45, 2.75) is 25.5 Å². The van der Waals surface area contributed by atoms with Crippen molar-refractivity contribution in [3.63, 3.8) is 0 Å². The zero-order chi connectivity index (χ0) is 17.0. The molecule has 120 valence electrons. The van der Waals surface area contributed by atoms with Crippen molar-refractivity contribution in [1.82, 2.24) is 0 Å². The van der Waals surface area contributed by atoms with Crippen molar-refractivity contribution in [3.05, 3.63) is 22.3 Å². The van der Waals surface area contributed by atoms with E-state index < -0.39 is 52.2 Å². The fourth-order valence-electron chi connectivity index (χ4n) is 1.87. The Morgan fingerprint density at radius 2 is 0.905 bits per heavy atom. The van der Waals surface area contributed by atoms with Crippen LogP contribution < -0.4 is 11.5 Å². The van der Waals surface area contributed by atoms with Crippen LogP contribution in [0.3, 0.4) is 0 Å². The van der Waals surface area contributed by atoms with Crippen LogP contribution >= 0.6 is 0 Å². The monoisotopic (exact) mass is 326 g/mol. The lowest BCUT2D eigenvalue weighted by atomic mass is 9.92. The van der Waals surface area contributed by atoms with Crippen LogP contribution in [-0.4, -0.2) is 0 Å². The Kier molecular flexibility index (Phi) is 3.78. The molecule has 0 amide bonds. The number of anilines is 2. The van der Waals surface area contributed by atoms with Gasteiger partial charge in [-0.25, -0.2) is 0 Å². The molecule has 0 spiro atoms. The molecular formula is C10H7F9N2. The number of rotatable bonds is 0. The minimum absolute atomic E-state index is 0.419. The average molecular weight is 326 g/mol. The predicted octanol–water partition coefficient (Wildman–Crippen LogP) is 4.22. The Bertz CT molecular complexity index is 566. The largest absolute Gasteiger partial charge is 0.420 e. The molecule has 21 heavy (non-hydrogen) atoms. The lowest BCUT2D eigenvalue weighted by Gasteiger charge is -2.24. The Hall–Kier alpha value is -1.81. The molecule has 0 bridgehead atoms. The highest BCUT2D eigenvalue weighted by atomic mass is 19.4. The van der Waals surface area contributed by atoms with Crippen LogP contribution in [0.4, 0.5) is 50.9 Å². The van der Waals surface area contributed by atoms with E-state index in [0.29, 0.717) is 6.92 Å². The second kappa shape index (κ2) is 4.60. The lowest BCUT2D eigenvalue weighted by molar-refractivity contribution is -0.163. The summed E-state index contributed by atoms with van der Waals surface area (Å²) >= 11 is 0. The average Bonchev–Trinajstić information content (AvgIpc) is 2.17. The summed E-state index contributed by atoms with van der Waals surface area (Å²) in [7, 11) is 0. The van der Waals surface area contributed by atoms with Gasteiger partial charge in [0.15, 0.2) is 0 Å².